The summed E-state index contributed by atoms with van der Waals surface area (Å²) in [6.45, 7) is 9.37. The van der Waals surface area contributed by atoms with Crippen molar-refractivity contribution in [1.29, 1.82) is 0 Å². The van der Waals surface area contributed by atoms with E-state index < -0.39 is 5.60 Å². The maximum absolute atomic E-state index is 12.3. The quantitative estimate of drug-likeness (QED) is 0.928. The number of amides is 1. The lowest BCUT2D eigenvalue weighted by Crippen LogP contribution is -2.44. The monoisotopic (exact) mass is 305 g/mol. The minimum Gasteiger partial charge on any atom is -0.444 e. The molecule has 0 aliphatic carbocycles. The summed E-state index contributed by atoms with van der Waals surface area (Å²) in [6.07, 6.45) is 5.50. The average Bonchev–Trinajstić information content (AvgIpc) is 2.92. The first-order chi connectivity index (χ1) is 10.4. The van der Waals surface area contributed by atoms with Gasteiger partial charge in [-0.1, -0.05) is 6.07 Å². The molecule has 0 aromatic carbocycles. The zero-order chi connectivity index (χ0) is 16.2. The normalized spacial score (nSPS) is 20.0. The molecular weight excluding hydrogens is 278 g/mol. The molecule has 2 atom stereocenters. The molecular formula is C17H27N3O2. The van der Waals surface area contributed by atoms with Gasteiger partial charge in [0.1, 0.15) is 5.60 Å². The lowest BCUT2D eigenvalue weighted by atomic mass is 10.1. The van der Waals surface area contributed by atoms with Gasteiger partial charge in [0, 0.05) is 37.6 Å². The minimum absolute atomic E-state index is 0.203. The highest BCUT2D eigenvalue weighted by molar-refractivity contribution is 5.69. The van der Waals surface area contributed by atoms with Crippen LogP contribution in [0.2, 0.25) is 0 Å². The van der Waals surface area contributed by atoms with E-state index in [0.29, 0.717) is 0 Å². The molecule has 1 aliphatic heterocycles. The lowest BCUT2D eigenvalue weighted by Gasteiger charge is -2.29. The predicted octanol–water partition coefficient (Wildman–Crippen LogP) is 3.13. The molecule has 1 amide bonds. The Balaban J connectivity index is 1.87. The number of ether oxygens (including phenoxy) is 1. The van der Waals surface area contributed by atoms with Crippen LogP contribution in [0.25, 0.3) is 0 Å². The van der Waals surface area contributed by atoms with Crippen LogP contribution in [0.4, 0.5) is 4.79 Å². The molecule has 5 heteroatoms. The van der Waals surface area contributed by atoms with Gasteiger partial charge < -0.3 is 15.0 Å². The fourth-order valence-electron chi connectivity index (χ4n) is 2.67. The first-order valence-electron chi connectivity index (χ1n) is 8.00. The molecule has 2 rings (SSSR count). The summed E-state index contributed by atoms with van der Waals surface area (Å²) in [5, 5.41) is 3.50. The Morgan fingerprint density at radius 2 is 2.32 bits per heavy atom. The molecule has 5 nitrogen and oxygen atoms in total. The van der Waals surface area contributed by atoms with E-state index in [0.717, 1.165) is 31.5 Å². The third-order valence-electron chi connectivity index (χ3n) is 3.85. The Hall–Kier alpha value is -1.62. The molecule has 0 radical (unpaired) electrons. The van der Waals surface area contributed by atoms with E-state index in [1.807, 2.05) is 37.9 Å². The average molecular weight is 305 g/mol. The molecule has 122 valence electrons. The number of carbonyl (C=O) groups is 1. The highest BCUT2D eigenvalue weighted by Gasteiger charge is 2.32. The molecule has 0 bridgehead atoms. The Morgan fingerprint density at radius 3 is 2.95 bits per heavy atom. The lowest BCUT2D eigenvalue weighted by molar-refractivity contribution is 0.0225. The van der Waals surface area contributed by atoms with E-state index in [9.17, 15) is 4.79 Å². The Labute approximate surface area is 133 Å². The third kappa shape index (κ3) is 4.70. The van der Waals surface area contributed by atoms with E-state index in [-0.39, 0.29) is 18.2 Å². The minimum atomic E-state index is -0.444. The summed E-state index contributed by atoms with van der Waals surface area (Å²) in [5.74, 6) is 0. The Bertz CT molecular complexity index is 484. The van der Waals surface area contributed by atoms with E-state index >= 15 is 0 Å². The highest BCUT2D eigenvalue weighted by Crippen LogP contribution is 2.21. The van der Waals surface area contributed by atoms with Crippen molar-refractivity contribution in [2.24, 2.45) is 0 Å². The summed E-state index contributed by atoms with van der Waals surface area (Å²) >= 11 is 0. The van der Waals surface area contributed by atoms with Gasteiger partial charge in [0.2, 0.25) is 0 Å². The summed E-state index contributed by atoms with van der Waals surface area (Å²) < 4.78 is 5.49. The zero-order valence-electron chi connectivity index (χ0n) is 14.0. The van der Waals surface area contributed by atoms with Gasteiger partial charge in [-0.05, 0) is 52.2 Å². The number of pyridine rings is 1. The van der Waals surface area contributed by atoms with E-state index in [2.05, 4.69) is 23.3 Å². The van der Waals surface area contributed by atoms with Crippen molar-refractivity contribution in [3.8, 4) is 0 Å². The van der Waals surface area contributed by atoms with Crippen LogP contribution in [-0.2, 0) is 4.74 Å². The van der Waals surface area contributed by atoms with Crippen molar-refractivity contribution in [3.63, 3.8) is 0 Å². The zero-order valence-corrected chi connectivity index (χ0v) is 14.0. The van der Waals surface area contributed by atoms with Crippen LogP contribution in [0.3, 0.4) is 0 Å². The molecule has 22 heavy (non-hydrogen) atoms. The van der Waals surface area contributed by atoms with Crippen molar-refractivity contribution in [1.82, 2.24) is 15.2 Å². The van der Waals surface area contributed by atoms with Gasteiger partial charge in [-0.3, -0.25) is 4.98 Å². The molecule has 1 aromatic rings. The van der Waals surface area contributed by atoms with Crippen molar-refractivity contribution < 1.29 is 9.53 Å². The standard InChI is InChI=1S/C17H27N3O2/c1-13(14-7-5-9-18-11-14)19-12-15-8-6-10-20(15)16(21)22-17(2,3)4/h5,7,9,11,13,15,19H,6,8,10,12H2,1-4H3/t13-,15?/m0/s1. The van der Waals surface area contributed by atoms with Gasteiger partial charge in [0.15, 0.2) is 0 Å². The third-order valence-corrected chi connectivity index (χ3v) is 3.85. The van der Waals surface area contributed by atoms with Crippen molar-refractivity contribution >= 4 is 6.09 Å². The van der Waals surface area contributed by atoms with E-state index in [4.69, 9.17) is 4.74 Å². The number of likely N-dealkylation sites (tertiary alicyclic amines) is 1. The summed E-state index contributed by atoms with van der Waals surface area (Å²) in [7, 11) is 0. The van der Waals surface area contributed by atoms with Gasteiger partial charge >= 0.3 is 6.09 Å². The summed E-state index contributed by atoms with van der Waals surface area (Å²) in [5.41, 5.74) is 0.713. The molecule has 1 aromatic heterocycles. The fraction of sp³-hybridized carbons (Fsp3) is 0.647. The van der Waals surface area contributed by atoms with Crippen LogP contribution in [0.5, 0.6) is 0 Å². The van der Waals surface area contributed by atoms with Gasteiger partial charge in [-0.15, -0.1) is 0 Å². The molecule has 0 saturated carbocycles. The van der Waals surface area contributed by atoms with Crippen LogP contribution < -0.4 is 5.32 Å². The first-order valence-corrected chi connectivity index (χ1v) is 8.00. The molecule has 0 spiro atoms. The van der Waals surface area contributed by atoms with E-state index in [1.165, 1.54) is 0 Å². The van der Waals surface area contributed by atoms with Crippen LogP contribution in [0.1, 0.15) is 52.1 Å². The topological polar surface area (TPSA) is 54.5 Å². The number of carbonyl (C=O) groups excluding carboxylic acids is 1. The number of rotatable bonds is 4. The van der Waals surface area contributed by atoms with Crippen molar-refractivity contribution in [2.75, 3.05) is 13.1 Å². The largest absolute Gasteiger partial charge is 0.444 e. The predicted molar refractivity (Wildman–Crippen MR) is 86.6 cm³/mol. The number of aromatic nitrogens is 1. The summed E-state index contributed by atoms with van der Waals surface area (Å²) in [6, 6.07) is 4.42. The molecule has 1 unspecified atom stereocenters. The van der Waals surface area contributed by atoms with Crippen LogP contribution in [0.15, 0.2) is 24.5 Å². The van der Waals surface area contributed by atoms with Gasteiger partial charge in [0.05, 0.1) is 0 Å². The molecule has 2 heterocycles. The molecule has 1 aliphatic rings. The van der Waals surface area contributed by atoms with E-state index in [1.54, 1.807) is 6.20 Å². The number of hydrogen-bond acceptors (Lipinski definition) is 4. The number of nitrogens with one attached hydrogen (secondary N) is 1. The second kappa shape index (κ2) is 7.09. The van der Waals surface area contributed by atoms with Crippen LogP contribution in [0, 0.1) is 0 Å². The van der Waals surface area contributed by atoms with Crippen molar-refractivity contribution in [2.45, 2.75) is 58.2 Å². The van der Waals surface area contributed by atoms with Gasteiger partial charge in [-0.25, -0.2) is 4.79 Å². The maximum Gasteiger partial charge on any atom is 0.410 e. The summed E-state index contributed by atoms with van der Waals surface area (Å²) in [4.78, 5) is 18.3. The number of nitrogens with zero attached hydrogens (tertiary/aromatic N) is 2. The second-order valence-electron chi connectivity index (χ2n) is 6.89. The smallest absolute Gasteiger partial charge is 0.410 e. The Morgan fingerprint density at radius 1 is 1.55 bits per heavy atom. The highest BCUT2D eigenvalue weighted by atomic mass is 16.6. The second-order valence-corrected chi connectivity index (χ2v) is 6.89. The first kappa shape index (κ1) is 16.7. The van der Waals surface area contributed by atoms with Crippen LogP contribution in [-0.4, -0.2) is 40.7 Å². The van der Waals surface area contributed by atoms with Crippen molar-refractivity contribution in [3.05, 3.63) is 30.1 Å². The molecule has 1 saturated heterocycles. The van der Waals surface area contributed by atoms with Gasteiger partial charge in [-0.2, -0.15) is 0 Å². The molecule has 1 N–H and O–H groups in total. The molecule has 1 fully saturated rings. The van der Waals surface area contributed by atoms with Crippen LogP contribution >= 0.6 is 0 Å². The Kier molecular flexibility index (Phi) is 5.40. The number of hydrogen-bond donors (Lipinski definition) is 1. The fourth-order valence-corrected chi connectivity index (χ4v) is 2.67. The SMILES string of the molecule is C[C@H](NCC1CCCN1C(=O)OC(C)(C)C)c1cccnc1. The maximum atomic E-state index is 12.3. The van der Waals surface area contributed by atoms with Gasteiger partial charge in [0.25, 0.3) is 0 Å².